The third-order valence-electron chi connectivity index (χ3n) is 1.98. The molecule has 2 rings (SSSR count). The van der Waals surface area contributed by atoms with Crippen molar-refractivity contribution >= 4 is 17.7 Å². The van der Waals surface area contributed by atoms with Gasteiger partial charge in [0.25, 0.3) is 0 Å². The second-order valence-electron chi connectivity index (χ2n) is 3.22. The fourth-order valence-electron chi connectivity index (χ4n) is 1.21. The summed E-state index contributed by atoms with van der Waals surface area (Å²) in [7, 11) is 0. The van der Waals surface area contributed by atoms with Gasteiger partial charge in [-0.2, -0.15) is 0 Å². The molecule has 0 aliphatic carbocycles. The zero-order valence-corrected chi connectivity index (χ0v) is 9.45. The van der Waals surface area contributed by atoms with Gasteiger partial charge < -0.3 is 5.11 Å². The first kappa shape index (κ1) is 11.6. The smallest absolute Gasteiger partial charge is 0.354 e. The summed E-state index contributed by atoms with van der Waals surface area (Å²) in [5.41, 5.74) is -0.00267. The molecule has 5 heteroatoms. The van der Waals surface area contributed by atoms with Crippen molar-refractivity contribution in [2.75, 3.05) is 0 Å². The summed E-state index contributed by atoms with van der Waals surface area (Å²) >= 11 is 1.29. The Bertz CT molecular complexity index is 542. The van der Waals surface area contributed by atoms with Crippen molar-refractivity contribution in [1.29, 1.82) is 0 Å². The maximum absolute atomic E-state index is 12.7. The average Bonchev–Trinajstić information content (AvgIpc) is 2.32. The maximum atomic E-state index is 12.7. The lowest BCUT2D eigenvalue weighted by atomic mass is 10.3. The quantitative estimate of drug-likeness (QED) is 0.908. The zero-order valence-electron chi connectivity index (χ0n) is 8.63. The van der Waals surface area contributed by atoms with E-state index in [1.54, 1.807) is 24.3 Å². The molecule has 0 saturated carbocycles. The van der Waals surface area contributed by atoms with Crippen LogP contribution in [0.2, 0.25) is 0 Å². The largest absolute Gasteiger partial charge is 0.477 e. The van der Waals surface area contributed by atoms with Gasteiger partial charge in [-0.1, -0.05) is 17.8 Å². The highest BCUT2D eigenvalue weighted by Crippen LogP contribution is 2.25. The van der Waals surface area contributed by atoms with Gasteiger partial charge in [-0.3, -0.25) is 0 Å². The number of carboxylic acids is 1. The second-order valence-corrected chi connectivity index (χ2v) is 4.32. The van der Waals surface area contributed by atoms with E-state index in [2.05, 4.69) is 4.98 Å². The molecule has 0 saturated heterocycles. The number of hydrogen-bond donors (Lipinski definition) is 1. The first-order valence-electron chi connectivity index (χ1n) is 4.79. The van der Waals surface area contributed by atoms with Crippen LogP contribution in [0.15, 0.2) is 52.4 Å². The van der Waals surface area contributed by atoms with Gasteiger partial charge in [-0.05, 0) is 36.4 Å². The Labute approximate surface area is 101 Å². The van der Waals surface area contributed by atoms with Crippen LogP contribution in [0.1, 0.15) is 10.5 Å². The van der Waals surface area contributed by atoms with Gasteiger partial charge in [0.1, 0.15) is 16.5 Å². The SMILES string of the molecule is O=C(O)c1cccc(Sc2ccc(F)cc2)n1. The van der Waals surface area contributed by atoms with Crippen LogP contribution in [0.5, 0.6) is 0 Å². The van der Waals surface area contributed by atoms with Gasteiger partial charge >= 0.3 is 5.97 Å². The highest BCUT2D eigenvalue weighted by atomic mass is 32.2. The summed E-state index contributed by atoms with van der Waals surface area (Å²) in [6.45, 7) is 0. The minimum absolute atomic E-state index is 0.00267. The highest BCUT2D eigenvalue weighted by molar-refractivity contribution is 7.99. The number of pyridine rings is 1. The minimum atomic E-state index is -1.06. The number of nitrogens with zero attached hydrogens (tertiary/aromatic N) is 1. The Balaban J connectivity index is 2.21. The molecule has 2 aromatic rings. The van der Waals surface area contributed by atoms with Gasteiger partial charge in [0, 0.05) is 4.90 Å². The molecular weight excluding hydrogens is 241 g/mol. The Kier molecular flexibility index (Phi) is 3.39. The van der Waals surface area contributed by atoms with Crippen molar-refractivity contribution in [2.24, 2.45) is 0 Å². The number of rotatable bonds is 3. The molecule has 1 N–H and O–H groups in total. The van der Waals surface area contributed by atoms with Crippen LogP contribution in [0.3, 0.4) is 0 Å². The van der Waals surface area contributed by atoms with E-state index < -0.39 is 5.97 Å². The molecule has 3 nitrogen and oxygen atoms in total. The van der Waals surface area contributed by atoms with Crippen LogP contribution < -0.4 is 0 Å². The summed E-state index contributed by atoms with van der Waals surface area (Å²) in [6, 6.07) is 10.7. The summed E-state index contributed by atoms with van der Waals surface area (Å²) in [5, 5.41) is 9.36. The number of benzene rings is 1. The topological polar surface area (TPSA) is 50.2 Å². The Morgan fingerprint density at radius 1 is 1.18 bits per heavy atom. The monoisotopic (exact) mass is 249 g/mol. The number of aromatic carboxylic acids is 1. The normalized spacial score (nSPS) is 10.2. The van der Waals surface area contributed by atoms with Crippen molar-refractivity contribution < 1.29 is 14.3 Å². The minimum Gasteiger partial charge on any atom is -0.477 e. The lowest BCUT2D eigenvalue weighted by Gasteiger charge is -2.01. The number of hydrogen-bond acceptors (Lipinski definition) is 3. The van der Waals surface area contributed by atoms with E-state index in [9.17, 15) is 9.18 Å². The summed E-state index contributed by atoms with van der Waals surface area (Å²) in [6.07, 6.45) is 0. The predicted octanol–water partition coefficient (Wildman–Crippen LogP) is 3.07. The lowest BCUT2D eigenvalue weighted by molar-refractivity contribution is 0.0689. The maximum Gasteiger partial charge on any atom is 0.354 e. The Hall–Kier alpha value is -1.88. The lowest BCUT2D eigenvalue weighted by Crippen LogP contribution is -1.99. The van der Waals surface area contributed by atoms with Crippen LogP contribution in [-0.2, 0) is 0 Å². The van der Waals surface area contributed by atoms with E-state index in [4.69, 9.17) is 5.11 Å². The fraction of sp³-hybridized carbons (Fsp3) is 0. The summed E-state index contributed by atoms with van der Waals surface area (Å²) < 4.78 is 12.7. The average molecular weight is 249 g/mol. The molecule has 0 radical (unpaired) electrons. The number of halogens is 1. The van der Waals surface area contributed by atoms with Gasteiger partial charge in [0.15, 0.2) is 0 Å². The molecule has 1 aromatic carbocycles. The van der Waals surface area contributed by atoms with E-state index in [0.29, 0.717) is 5.03 Å². The van der Waals surface area contributed by atoms with Crippen molar-refractivity contribution in [3.8, 4) is 0 Å². The molecule has 0 bridgehead atoms. The van der Waals surface area contributed by atoms with Gasteiger partial charge in [-0.15, -0.1) is 0 Å². The first-order valence-corrected chi connectivity index (χ1v) is 5.60. The Morgan fingerprint density at radius 2 is 1.88 bits per heavy atom. The van der Waals surface area contributed by atoms with Crippen molar-refractivity contribution in [1.82, 2.24) is 4.98 Å². The molecule has 86 valence electrons. The van der Waals surface area contributed by atoms with Crippen LogP contribution in [-0.4, -0.2) is 16.1 Å². The molecule has 0 unspecified atom stereocenters. The first-order chi connectivity index (χ1) is 8.15. The molecule has 17 heavy (non-hydrogen) atoms. The van der Waals surface area contributed by atoms with Crippen molar-refractivity contribution in [3.05, 3.63) is 54.0 Å². The van der Waals surface area contributed by atoms with Crippen molar-refractivity contribution in [2.45, 2.75) is 9.92 Å². The molecule has 0 atom stereocenters. The van der Waals surface area contributed by atoms with Crippen LogP contribution in [0.25, 0.3) is 0 Å². The summed E-state index contributed by atoms with van der Waals surface area (Å²) in [5.74, 6) is -1.37. The molecule has 1 aromatic heterocycles. The molecule has 0 aliphatic heterocycles. The van der Waals surface area contributed by atoms with Gasteiger partial charge in [0.05, 0.1) is 0 Å². The predicted molar refractivity (Wildman–Crippen MR) is 61.7 cm³/mol. The molecule has 0 aliphatic rings. The van der Waals surface area contributed by atoms with Gasteiger partial charge in [0.2, 0.25) is 0 Å². The second kappa shape index (κ2) is 4.97. The fourth-order valence-corrected chi connectivity index (χ4v) is 2.02. The van der Waals surface area contributed by atoms with Crippen molar-refractivity contribution in [3.63, 3.8) is 0 Å². The van der Waals surface area contributed by atoms with Crippen LogP contribution in [0, 0.1) is 5.82 Å². The van der Waals surface area contributed by atoms with E-state index in [1.807, 2.05) is 0 Å². The van der Waals surface area contributed by atoms with E-state index >= 15 is 0 Å². The van der Waals surface area contributed by atoms with E-state index in [-0.39, 0.29) is 11.5 Å². The molecular formula is C12H8FNO2S. The Morgan fingerprint density at radius 3 is 2.53 bits per heavy atom. The zero-order chi connectivity index (χ0) is 12.3. The third-order valence-corrected chi connectivity index (χ3v) is 2.92. The summed E-state index contributed by atoms with van der Waals surface area (Å²) in [4.78, 5) is 15.5. The molecule has 1 heterocycles. The molecule has 0 amide bonds. The van der Waals surface area contributed by atoms with Gasteiger partial charge in [-0.25, -0.2) is 14.2 Å². The molecule has 0 fully saturated rings. The number of carboxylic acid groups (broad SMARTS) is 1. The third kappa shape index (κ3) is 3.04. The number of aromatic nitrogens is 1. The van der Waals surface area contributed by atoms with Crippen LogP contribution >= 0.6 is 11.8 Å². The van der Waals surface area contributed by atoms with E-state index in [1.165, 1.54) is 30.0 Å². The standard InChI is InChI=1S/C12H8FNO2S/c13-8-4-6-9(7-5-8)17-11-3-1-2-10(14-11)12(15)16/h1-7H,(H,15,16). The highest BCUT2D eigenvalue weighted by Gasteiger charge is 2.06. The van der Waals surface area contributed by atoms with Crippen LogP contribution in [0.4, 0.5) is 4.39 Å². The number of carbonyl (C=O) groups is 1. The van der Waals surface area contributed by atoms with E-state index in [0.717, 1.165) is 4.90 Å². The molecule has 0 spiro atoms.